The lowest BCUT2D eigenvalue weighted by molar-refractivity contribution is 0.386. The lowest BCUT2D eigenvalue weighted by atomic mass is 9.97. The van der Waals surface area contributed by atoms with Gasteiger partial charge in [-0.2, -0.15) is 5.10 Å². The van der Waals surface area contributed by atoms with Gasteiger partial charge in [0.1, 0.15) is 23.1 Å². The molecule has 2 N–H and O–H groups in total. The van der Waals surface area contributed by atoms with Crippen LogP contribution in [0, 0.1) is 5.82 Å². The molecule has 0 aromatic heterocycles. The topological polar surface area (TPSA) is 63.1 Å². The SMILES string of the molecule is COc1ccc([C@H]2CC(c3cc(F)ccc3O)=NN2)c(OC)c1. The van der Waals surface area contributed by atoms with E-state index < -0.39 is 5.82 Å². The Balaban J connectivity index is 1.86. The van der Waals surface area contributed by atoms with Gasteiger partial charge in [0.25, 0.3) is 0 Å². The number of phenols is 1. The van der Waals surface area contributed by atoms with Gasteiger partial charge in [0.15, 0.2) is 0 Å². The van der Waals surface area contributed by atoms with Gasteiger partial charge in [0.2, 0.25) is 0 Å². The lowest BCUT2D eigenvalue weighted by Gasteiger charge is -2.15. The summed E-state index contributed by atoms with van der Waals surface area (Å²) in [6.45, 7) is 0. The fourth-order valence-electron chi connectivity index (χ4n) is 2.64. The molecule has 1 aliphatic heterocycles. The third kappa shape index (κ3) is 2.92. The van der Waals surface area contributed by atoms with E-state index in [0.717, 1.165) is 5.56 Å². The first-order valence-corrected chi connectivity index (χ1v) is 7.15. The zero-order valence-electron chi connectivity index (χ0n) is 12.8. The molecule has 5 nitrogen and oxygen atoms in total. The molecule has 2 aromatic carbocycles. The molecule has 2 aromatic rings. The Bertz CT molecular complexity index is 761. The Hall–Kier alpha value is -2.76. The molecular formula is C17H17FN2O3. The number of nitrogens with one attached hydrogen (secondary N) is 1. The summed E-state index contributed by atoms with van der Waals surface area (Å²) in [6.07, 6.45) is 0.514. The van der Waals surface area contributed by atoms with Crippen molar-refractivity contribution in [3.8, 4) is 17.2 Å². The Morgan fingerprint density at radius 1 is 1.17 bits per heavy atom. The molecule has 0 saturated heterocycles. The zero-order valence-corrected chi connectivity index (χ0v) is 12.8. The van der Waals surface area contributed by atoms with E-state index in [1.165, 1.54) is 18.2 Å². The molecule has 1 atom stereocenters. The molecule has 23 heavy (non-hydrogen) atoms. The molecule has 0 bridgehead atoms. The number of phenolic OH excluding ortho intramolecular Hbond substituents is 1. The largest absolute Gasteiger partial charge is 0.507 e. The van der Waals surface area contributed by atoms with Crippen LogP contribution in [0.5, 0.6) is 17.2 Å². The van der Waals surface area contributed by atoms with Gasteiger partial charge in [-0.3, -0.25) is 0 Å². The molecule has 3 rings (SSSR count). The number of ether oxygens (including phenoxy) is 2. The van der Waals surface area contributed by atoms with Crippen molar-refractivity contribution in [1.29, 1.82) is 0 Å². The fraction of sp³-hybridized carbons (Fsp3) is 0.235. The van der Waals surface area contributed by atoms with Crippen molar-refractivity contribution >= 4 is 5.71 Å². The molecule has 0 saturated carbocycles. The van der Waals surface area contributed by atoms with Crippen LogP contribution in [0.25, 0.3) is 0 Å². The molecule has 1 heterocycles. The summed E-state index contributed by atoms with van der Waals surface area (Å²) in [7, 11) is 3.18. The van der Waals surface area contributed by atoms with E-state index in [-0.39, 0.29) is 11.8 Å². The van der Waals surface area contributed by atoms with Crippen molar-refractivity contribution in [2.45, 2.75) is 12.5 Å². The van der Waals surface area contributed by atoms with Crippen molar-refractivity contribution in [3.63, 3.8) is 0 Å². The molecule has 1 aliphatic rings. The van der Waals surface area contributed by atoms with Crippen LogP contribution in [-0.4, -0.2) is 25.0 Å². The summed E-state index contributed by atoms with van der Waals surface area (Å²) < 4.78 is 24.0. The van der Waals surface area contributed by atoms with E-state index >= 15 is 0 Å². The summed E-state index contributed by atoms with van der Waals surface area (Å²) in [6, 6.07) is 9.25. The van der Waals surface area contributed by atoms with Crippen molar-refractivity contribution in [2.75, 3.05) is 14.2 Å². The highest BCUT2D eigenvalue weighted by molar-refractivity contribution is 6.04. The van der Waals surface area contributed by atoms with Crippen LogP contribution < -0.4 is 14.9 Å². The molecule has 0 radical (unpaired) electrons. The Kier molecular flexibility index (Phi) is 4.06. The summed E-state index contributed by atoms with van der Waals surface area (Å²) in [4.78, 5) is 0. The average Bonchev–Trinajstić information content (AvgIpc) is 3.06. The molecular weight excluding hydrogens is 299 g/mol. The maximum Gasteiger partial charge on any atom is 0.127 e. The Labute approximate surface area is 133 Å². The standard InChI is InChI=1S/C17H17FN2O3/c1-22-11-4-5-12(17(8-11)23-2)14-9-15(20-19-14)13-7-10(18)3-6-16(13)21/h3-8,14,19,21H,9H2,1-2H3/t14-/m1/s1. The van der Waals surface area contributed by atoms with Crippen LogP contribution >= 0.6 is 0 Å². The van der Waals surface area contributed by atoms with Crippen molar-refractivity contribution in [1.82, 2.24) is 5.43 Å². The monoisotopic (exact) mass is 316 g/mol. The van der Waals surface area contributed by atoms with E-state index in [9.17, 15) is 9.50 Å². The smallest absolute Gasteiger partial charge is 0.127 e. The van der Waals surface area contributed by atoms with E-state index in [0.29, 0.717) is 29.2 Å². The molecule has 0 unspecified atom stereocenters. The first-order valence-electron chi connectivity index (χ1n) is 7.15. The number of hydrazone groups is 1. The van der Waals surface area contributed by atoms with Crippen LogP contribution in [0.4, 0.5) is 4.39 Å². The second-order valence-corrected chi connectivity index (χ2v) is 5.21. The van der Waals surface area contributed by atoms with Gasteiger partial charge in [-0.05, 0) is 30.3 Å². The van der Waals surface area contributed by atoms with Crippen molar-refractivity contribution < 1.29 is 19.0 Å². The summed E-state index contributed by atoms with van der Waals surface area (Å²) in [5.74, 6) is 0.981. The quantitative estimate of drug-likeness (QED) is 0.910. The van der Waals surface area contributed by atoms with Gasteiger partial charge in [0.05, 0.1) is 26.0 Å². The van der Waals surface area contributed by atoms with Crippen molar-refractivity contribution in [2.24, 2.45) is 5.10 Å². The summed E-state index contributed by atoms with van der Waals surface area (Å²) >= 11 is 0. The van der Waals surface area contributed by atoms with Gasteiger partial charge in [0, 0.05) is 23.6 Å². The van der Waals surface area contributed by atoms with Gasteiger partial charge >= 0.3 is 0 Å². The third-order valence-corrected chi connectivity index (χ3v) is 3.84. The first-order chi connectivity index (χ1) is 11.1. The number of halogens is 1. The second-order valence-electron chi connectivity index (χ2n) is 5.21. The highest BCUT2D eigenvalue weighted by atomic mass is 19.1. The van der Waals surface area contributed by atoms with Gasteiger partial charge in [-0.1, -0.05) is 0 Å². The molecule has 0 aliphatic carbocycles. The van der Waals surface area contributed by atoms with Crippen LogP contribution in [-0.2, 0) is 0 Å². The molecule has 120 valence electrons. The first kappa shape index (κ1) is 15.1. The van der Waals surface area contributed by atoms with Gasteiger partial charge in [-0.25, -0.2) is 4.39 Å². The second kappa shape index (κ2) is 6.16. The van der Waals surface area contributed by atoms with Crippen LogP contribution in [0.15, 0.2) is 41.5 Å². The summed E-state index contributed by atoms with van der Waals surface area (Å²) in [5.41, 5.74) is 4.93. The maximum atomic E-state index is 13.4. The number of nitrogens with zero attached hydrogens (tertiary/aromatic N) is 1. The maximum absolute atomic E-state index is 13.4. The van der Waals surface area contributed by atoms with Crippen LogP contribution in [0.2, 0.25) is 0 Å². The normalized spacial score (nSPS) is 16.7. The predicted octanol–water partition coefficient (Wildman–Crippen LogP) is 2.99. The number of benzene rings is 2. The van der Waals surface area contributed by atoms with Crippen LogP contribution in [0.1, 0.15) is 23.6 Å². The number of hydrogen-bond acceptors (Lipinski definition) is 5. The van der Waals surface area contributed by atoms with Gasteiger partial charge in [-0.15, -0.1) is 0 Å². The molecule has 0 fully saturated rings. The third-order valence-electron chi connectivity index (χ3n) is 3.84. The Morgan fingerprint density at radius 3 is 2.74 bits per heavy atom. The van der Waals surface area contributed by atoms with E-state index in [1.807, 2.05) is 12.1 Å². The summed E-state index contributed by atoms with van der Waals surface area (Å²) in [5, 5.41) is 14.1. The highest BCUT2D eigenvalue weighted by Gasteiger charge is 2.25. The highest BCUT2D eigenvalue weighted by Crippen LogP contribution is 2.35. The predicted molar refractivity (Wildman–Crippen MR) is 84.6 cm³/mol. The number of aromatic hydroxyl groups is 1. The minimum absolute atomic E-state index is 0.00861. The number of rotatable bonds is 4. The minimum Gasteiger partial charge on any atom is -0.507 e. The lowest BCUT2D eigenvalue weighted by Crippen LogP contribution is -2.11. The van der Waals surface area contributed by atoms with E-state index in [4.69, 9.17) is 9.47 Å². The fourth-order valence-corrected chi connectivity index (χ4v) is 2.64. The van der Waals surface area contributed by atoms with Crippen LogP contribution in [0.3, 0.4) is 0 Å². The minimum atomic E-state index is -0.411. The molecule has 0 spiro atoms. The Morgan fingerprint density at radius 2 is 2.00 bits per heavy atom. The van der Waals surface area contributed by atoms with E-state index in [1.54, 1.807) is 20.3 Å². The zero-order chi connectivity index (χ0) is 16.4. The average molecular weight is 316 g/mol. The van der Waals surface area contributed by atoms with Crippen molar-refractivity contribution in [3.05, 3.63) is 53.3 Å². The van der Waals surface area contributed by atoms with Gasteiger partial charge < -0.3 is 20.0 Å². The number of hydrogen-bond donors (Lipinski definition) is 2. The van der Waals surface area contributed by atoms with E-state index in [2.05, 4.69) is 10.5 Å². The number of methoxy groups -OCH3 is 2. The molecule has 6 heteroatoms. The molecule has 0 amide bonds.